The minimum absolute atomic E-state index is 0.280. The highest BCUT2D eigenvalue weighted by molar-refractivity contribution is 7.99. The lowest BCUT2D eigenvalue weighted by molar-refractivity contribution is 0.185. The van der Waals surface area contributed by atoms with Gasteiger partial charge < -0.3 is 10.6 Å². The molecule has 1 aromatic carbocycles. The molecule has 2 aliphatic rings. The van der Waals surface area contributed by atoms with Crippen LogP contribution < -0.4 is 5.73 Å². The van der Waals surface area contributed by atoms with E-state index in [2.05, 4.69) is 51.6 Å². The molecule has 0 spiro atoms. The molecule has 0 aliphatic carbocycles. The number of aliphatic imine (C=N–C) groups is 1. The third kappa shape index (κ3) is 4.08. The summed E-state index contributed by atoms with van der Waals surface area (Å²) in [5.74, 6) is 3.00. The molecule has 1 atom stereocenters. The van der Waals surface area contributed by atoms with Gasteiger partial charge in [0.15, 0.2) is 5.96 Å². The summed E-state index contributed by atoms with van der Waals surface area (Å²) in [7, 11) is 0. The Hall–Kier alpha value is -1.50. The quantitative estimate of drug-likeness (QED) is 0.647. The van der Waals surface area contributed by atoms with Gasteiger partial charge in [-0.25, -0.2) is 0 Å². The Morgan fingerprint density at radius 1 is 1.12 bits per heavy atom. The van der Waals surface area contributed by atoms with Crippen molar-refractivity contribution in [2.24, 2.45) is 10.7 Å². The second kappa shape index (κ2) is 8.46. The minimum atomic E-state index is 0.280. The van der Waals surface area contributed by atoms with Gasteiger partial charge in [0.2, 0.25) is 0 Å². The Morgan fingerprint density at radius 2 is 1.92 bits per heavy atom. The van der Waals surface area contributed by atoms with Gasteiger partial charge in [0.25, 0.3) is 0 Å². The smallest absolute Gasteiger partial charge is 0.191 e. The number of fused-ring (bicyclic) bond motifs is 1. The lowest BCUT2D eigenvalue weighted by atomic mass is 10.0. The van der Waals surface area contributed by atoms with Crippen LogP contribution in [0.25, 0.3) is 0 Å². The number of guanidine groups is 1. The molecule has 138 valence electrons. The molecule has 6 heteroatoms. The second-order valence-electron chi connectivity index (χ2n) is 6.81. The van der Waals surface area contributed by atoms with Crippen molar-refractivity contribution in [3.8, 4) is 0 Å². The normalized spacial score (nSPS) is 20.0. The SMILES string of the molecule is NC(=NCC(c1ccccc1)N1CCc2sccc2C1)N1CCSCC1. The maximum atomic E-state index is 6.31. The van der Waals surface area contributed by atoms with Crippen LogP contribution in [0.2, 0.25) is 0 Å². The van der Waals surface area contributed by atoms with Crippen LogP contribution >= 0.6 is 23.1 Å². The molecule has 2 N–H and O–H groups in total. The molecule has 0 amide bonds. The van der Waals surface area contributed by atoms with E-state index in [1.54, 1.807) is 4.88 Å². The van der Waals surface area contributed by atoms with Crippen molar-refractivity contribution in [1.82, 2.24) is 9.80 Å². The van der Waals surface area contributed by atoms with Crippen molar-refractivity contribution in [3.05, 3.63) is 57.8 Å². The largest absolute Gasteiger partial charge is 0.370 e. The maximum absolute atomic E-state index is 6.31. The van der Waals surface area contributed by atoms with E-state index < -0.39 is 0 Å². The van der Waals surface area contributed by atoms with Crippen LogP contribution in [0.1, 0.15) is 22.0 Å². The number of rotatable bonds is 4. The molecule has 0 radical (unpaired) electrons. The average Bonchev–Trinajstić information content (AvgIpc) is 3.17. The minimum Gasteiger partial charge on any atom is -0.370 e. The van der Waals surface area contributed by atoms with E-state index in [1.165, 1.54) is 11.1 Å². The summed E-state index contributed by atoms with van der Waals surface area (Å²) in [6, 6.07) is 13.3. The fourth-order valence-corrected chi connectivity index (χ4v) is 5.51. The van der Waals surface area contributed by atoms with Crippen LogP contribution in [0.15, 0.2) is 46.8 Å². The maximum Gasteiger partial charge on any atom is 0.191 e. The first-order valence-corrected chi connectivity index (χ1v) is 11.3. The van der Waals surface area contributed by atoms with Crippen molar-refractivity contribution in [3.63, 3.8) is 0 Å². The number of nitrogens with two attached hydrogens (primary N) is 1. The van der Waals surface area contributed by atoms with Gasteiger partial charge in [-0.3, -0.25) is 9.89 Å². The van der Waals surface area contributed by atoms with Gasteiger partial charge in [-0.05, 0) is 29.0 Å². The molecule has 3 heterocycles. The highest BCUT2D eigenvalue weighted by Crippen LogP contribution is 2.30. The van der Waals surface area contributed by atoms with Crippen LogP contribution in [0.4, 0.5) is 0 Å². The summed E-state index contributed by atoms with van der Waals surface area (Å²) in [5, 5.41) is 2.22. The van der Waals surface area contributed by atoms with Crippen molar-refractivity contribution in [2.45, 2.75) is 19.0 Å². The Labute approximate surface area is 164 Å². The van der Waals surface area contributed by atoms with Crippen LogP contribution in [0.5, 0.6) is 0 Å². The zero-order valence-corrected chi connectivity index (χ0v) is 16.6. The third-order valence-corrected chi connectivity index (χ3v) is 7.19. The Kier molecular flexibility index (Phi) is 5.82. The molecular weight excluding hydrogens is 360 g/mol. The zero-order valence-electron chi connectivity index (χ0n) is 15.0. The summed E-state index contributed by atoms with van der Waals surface area (Å²) in [6.07, 6.45) is 1.14. The number of hydrogen-bond acceptors (Lipinski definition) is 4. The summed E-state index contributed by atoms with van der Waals surface area (Å²) in [5.41, 5.74) is 9.12. The first-order valence-electron chi connectivity index (χ1n) is 9.28. The topological polar surface area (TPSA) is 44.9 Å². The Morgan fingerprint density at radius 3 is 2.73 bits per heavy atom. The second-order valence-corrected chi connectivity index (χ2v) is 9.04. The molecule has 2 aromatic rings. The summed E-state index contributed by atoms with van der Waals surface area (Å²) < 4.78 is 0. The third-order valence-electron chi connectivity index (χ3n) is 5.22. The van der Waals surface area contributed by atoms with E-state index in [1.807, 2.05) is 23.1 Å². The summed E-state index contributed by atoms with van der Waals surface area (Å²) in [6.45, 7) is 4.84. The Balaban J connectivity index is 1.52. The van der Waals surface area contributed by atoms with Gasteiger partial charge in [-0.15, -0.1) is 11.3 Å². The summed E-state index contributed by atoms with van der Waals surface area (Å²) in [4.78, 5) is 11.1. The Bertz CT molecular complexity index is 737. The highest BCUT2D eigenvalue weighted by atomic mass is 32.2. The van der Waals surface area contributed by atoms with Gasteiger partial charge in [-0.1, -0.05) is 30.3 Å². The van der Waals surface area contributed by atoms with E-state index >= 15 is 0 Å². The van der Waals surface area contributed by atoms with Crippen LogP contribution in [0, 0.1) is 0 Å². The fraction of sp³-hybridized carbons (Fsp3) is 0.450. The predicted octanol–water partition coefficient (Wildman–Crippen LogP) is 3.21. The number of hydrogen-bond donors (Lipinski definition) is 1. The van der Waals surface area contributed by atoms with Gasteiger partial charge >= 0.3 is 0 Å². The zero-order chi connectivity index (χ0) is 17.8. The number of thioether (sulfide) groups is 1. The van der Waals surface area contributed by atoms with Crippen molar-refractivity contribution in [1.29, 1.82) is 0 Å². The molecule has 1 fully saturated rings. The van der Waals surface area contributed by atoms with Gasteiger partial charge in [0, 0.05) is 42.6 Å². The van der Waals surface area contributed by atoms with E-state index in [0.717, 1.165) is 50.7 Å². The lowest BCUT2D eigenvalue weighted by Crippen LogP contribution is -2.43. The molecule has 0 saturated carbocycles. The van der Waals surface area contributed by atoms with Gasteiger partial charge in [0.05, 0.1) is 12.6 Å². The predicted molar refractivity (Wildman–Crippen MR) is 113 cm³/mol. The molecule has 2 aliphatic heterocycles. The molecule has 4 nitrogen and oxygen atoms in total. The molecular formula is C20H26N4S2. The van der Waals surface area contributed by atoms with Crippen LogP contribution in [-0.2, 0) is 13.0 Å². The van der Waals surface area contributed by atoms with E-state index in [4.69, 9.17) is 10.7 Å². The first kappa shape index (κ1) is 17.9. The molecule has 1 saturated heterocycles. The number of thiophene rings is 1. The standard InChI is InChI=1S/C20H26N4S2/c21-20(23-9-12-25-13-10-23)22-14-18(16-4-2-1-3-5-16)24-8-6-19-17(15-24)7-11-26-19/h1-5,7,11,18H,6,8-10,12-15H2,(H2,21,22). The molecule has 26 heavy (non-hydrogen) atoms. The van der Waals surface area contributed by atoms with Crippen molar-refractivity contribution < 1.29 is 0 Å². The molecule has 4 rings (SSSR count). The fourth-order valence-electron chi connectivity index (χ4n) is 3.72. The lowest BCUT2D eigenvalue weighted by Gasteiger charge is -2.34. The van der Waals surface area contributed by atoms with Crippen LogP contribution in [0.3, 0.4) is 0 Å². The molecule has 1 aromatic heterocycles. The van der Waals surface area contributed by atoms with Crippen molar-refractivity contribution >= 4 is 29.1 Å². The first-order chi connectivity index (χ1) is 12.8. The summed E-state index contributed by atoms with van der Waals surface area (Å²) >= 11 is 3.88. The highest BCUT2D eigenvalue weighted by Gasteiger charge is 2.25. The number of nitrogens with zero attached hydrogens (tertiary/aromatic N) is 3. The van der Waals surface area contributed by atoms with Crippen molar-refractivity contribution in [2.75, 3.05) is 37.7 Å². The van der Waals surface area contributed by atoms with Crippen LogP contribution in [-0.4, -0.2) is 53.4 Å². The number of benzene rings is 1. The van der Waals surface area contributed by atoms with E-state index in [-0.39, 0.29) is 6.04 Å². The van der Waals surface area contributed by atoms with Gasteiger partial charge in [0.1, 0.15) is 0 Å². The average molecular weight is 387 g/mol. The van der Waals surface area contributed by atoms with Gasteiger partial charge in [-0.2, -0.15) is 11.8 Å². The molecule has 0 bridgehead atoms. The van der Waals surface area contributed by atoms with E-state index in [9.17, 15) is 0 Å². The van der Waals surface area contributed by atoms with E-state index in [0.29, 0.717) is 5.96 Å². The molecule has 1 unspecified atom stereocenters. The monoisotopic (exact) mass is 386 g/mol.